The largest absolute Gasteiger partial charge is 0.300 e. The Bertz CT molecular complexity index is 442. The fourth-order valence-corrected chi connectivity index (χ4v) is 3.92. The second kappa shape index (κ2) is 6.51. The van der Waals surface area contributed by atoms with Crippen LogP contribution in [0.2, 0.25) is 0 Å². The fraction of sp³-hybridized carbons (Fsp3) is 0.600. The third kappa shape index (κ3) is 3.89. The highest BCUT2D eigenvalue weighted by Gasteiger charge is 2.34. The van der Waals surface area contributed by atoms with Crippen LogP contribution in [-0.2, 0) is 10.8 Å². The van der Waals surface area contributed by atoms with Crippen molar-refractivity contribution < 1.29 is 4.21 Å². The maximum atomic E-state index is 11.3. The van der Waals surface area contributed by atoms with Gasteiger partial charge in [0.2, 0.25) is 0 Å². The third-order valence-corrected chi connectivity index (χ3v) is 5.68. The standard InChI is InChI=1S/C15H22BrNOS/c1-11(10-19(3)18)17(2)15-8-13(9-15)12-4-6-14(16)7-5-12/h4-7,11,13,15H,8-10H2,1-3H3/t11-,13?,15?,19-/m0/s1. The van der Waals surface area contributed by atoms with Crippen LogP contribution in [0.3, 0.4) is 0 Å². The SMILES string of the molecule is C[C@@H](C[S@](C)=O)N(C)C1CC(c2ccc(Br)cc2)C1. The van der Waals surface area contributed by atoms with Crippen LogP contribution in [0.15, 0.2) is 28.7 Å². The molecule has 1 aromatic rings. The first-order valence-corrected chi connectivity index (χ1v) is 9.26. The number of benzene rings is 1. The number of hydrogen-bond donors (Lipinski definition) is 0. The van der Waals surface area contributed by atoms with Crippen LogP contribution in [-0.4, -0.2) is 40.2 Å². The van der Waals surface area contributed by atoms with Gasteiger partial charge in [-0.2, -0.15) is 0 Å². The number of halogens is 1. The topological polar surface area (TPSA) is 20.3 Å². The molecular weight excluding hydrogens is 322 g/mol. The quantitative estimate of drug-likeness (QED) is 0.816. The molecule has 1 aliphatic rings. The summed E-state index contributed by atoms with van der Waals surface area (Å²) in [5.41, 5.74) is 1.44. The lowest BCUT2D eigenvalue weighted by Crippen LogP contribution is -2.47. The van der Waals surface area contributed by atoms with Crippen molar-refractivity contribution in [3.63, 3.8) is 0 Å². The minimum atomic E-state index is -0.705. The lowest BCUT2D eigenvalue weighted by atomic mass is 9.75. The highest BCUT2D eigenvalue weighted by Crippen LogP contribution is 2.40. The van der Waals surface area contributed by atoms with Gasteiger partial charge < -0.3 is 0 Å². The van der Waals surface area contributed by atoms with Crippen LogP contribution < -0.4 is 0 Å². The second-order valence-electron chi connectivity index (χ2n) is 5.63. The van der Waals surface area contributed by atoms with Crippen LogP contribution in [0.5, 0.6) is 0 Å². The zero-order valence-electron chi connectivity index (χ0n) is 11.8. The number of nitrogens with zero attached hydrogens (tertiary/aromatic N) is 1. The van der Waals surface area contributed by atoms with E-state index >= 15 is 0 Å². The van der Waals surface area contributed by atoms with Gasteiger partial charge in [0.15, 0.2) is 0 Å². The van der Waals surface area contributed by atoms with Crippen LogP contribution in [0.25, 0.3) is 0 Å². The van der Waals surface area contributed by atoms with Gasteiger partial charge in [0, 0.05) is 39.4 Å². The Morgan fingerprint density at radius 2 is 1.95 bits per heavy atom. The maximum Gasteiger partial charge on any atom is 0.0385 e. The molecule has 1 aliphatic carbocycles. The van der Waals surface area contributed by atoms with Gasteiger partial charge >= 0.3 is 0 Å². The molecule has 0 unspecified atom stereocenters. The summed E-state index contributed by atoms with van der Waals surface area (Å²) in [6, 6.07) is 9.73. The Labute approximate surface area is 127 Å². The number of hydrogen-bond acceptors (Lipinski definition) is 2. The summed E-state index contributed by atoms with van der Waals surface area (Å²) < 4.78 is 12.4. The predicted octanol–water partition coefficient (Wildman–Crippen LogP) is 3.39. The number of rotatable bonds is 5. The van der Waals surface area contributed by atoms with E-state index in [4.69, 9.17) is 0 Å². The van der Waals surface area contributed by atoms with Crippen molar-refractivity contribution in [2.75, 3.05) is 19.1 Å². The summed E-state index contributed by atoms with van der Waals surface area (Å²) in [6.45, 7) is 2.17. The summed E-state index contributed by atoms with van der Waals surface area (Å²) in [5, 5.41) is 0. The summed E-state index contributed by atoms with van der Waals surface area (Å²) in [4.78, 5) is 2.40. The molecule has 2 rings (SSSR count). The van der Waals surface area contributed by atoms with E-state index < -0.39 is 10.8 Å². The van der Waals surface area contributed by atoms with E-state index in [1.807, 2.05) is 0 Å². The van der Waals surface area contributed by atoms with Gasteiger partial charge in [-0.3, -0.25) is 9.11 Å². The van der Waals surface area contributed by atoms with Gasteiger partial charge in [-0.25, -0.2) is 0 Å². The Balaban J connectivity index is 1.85. The van der Waals surface area contributed by atoms with E-state index in [2.05, 4.69) is 59.1 Å². The zero-order chi connectivity index (χ0) is 14.0. The molecule has 0 amide bonds. The average molecular weight is 344 g/mol. The lowest BCUT2D eigenvalue weighted by Gasteiger charge is -2.44. The molecule has 1 aromatic carbocycles. The van der Waals surface area contributed by atoms with Gasteiger partial charge in [0.1, 0.15) is 0 Å². The lowest BCUT2D eigenvalue weighted by molar-refractivity contribution is 0.109. The Morgan fingerprint density at radius 1 is 1.37 bits per heavy atom. The Kier molecular flexibility index (Phi) is 5.21. The molecule has 0 radical (unpaired) electrons. The van der Waals surface area contributed by atoms with Gasteiger partial charge in [-0.05, 0) is 50.4 Å². The van der Waals surface area contributed by atoms with Crippen LogP contribution in [0.1, 0.15) is 31.2 Å². The van der Waals surface area contributed by atoms with E-state index in [-0.39, 0.29) is 0 Å². The molecule has 106 valence electrons. The minimum Gasteiger partial charge on any atom is -0.300 e. The molecule has 0 aromatic heterocycles. The van der Waals surface area contributed by atoms with Crippen LogP contribution in [0.4, 0.5) is 0 Å². The van der Waals surface area contributed by atoms with Crippen molar-refractivity contribution in [2.45, 2.75) is 37.8 Å². The molecule has 2 atom stereocenters. The van der Waals surface area contributed by atoms with Gasteiger partial charge in [-0.1, -0.05) is 28.1 Å². The van der Waals surface area contributed by atoms with Gasteiger partial charge in [0.25, 0.3) is 0 Å². The molecule has 4 heteroatoms. The average Bonchev–Trinajstić information content (AvgIpc) is 2.28. The van der Waals surface area contributed by atoms with Crippen molar-refractivity contribution >= 4 is 26.7 Å². The molecule has 2 nitrogen and oxygen atoms in total. The summed E-state index contributed by atoms with van der Waals surface area (Å²) in [5.74, 6) is 1.47. The monoisotopic (exact) mass is 343 g/mol. The fourth-order valence-electron chi connectivity index (χ4n) is 2.74. The minimum absolute atomic E-state index is 0.404. The summed E-state index contributed by atoms with van der Waals surface area (Å²) in [7, 11) is 1.46. The summed E-state index contributed by atoms with van der Waals surface area (Å²) >= 11 is 3.47. The van der Waals surface area contributed by atoms with Gasteiger partial charge in [0.05, 0.1) is 0 Å². The van der Waals surface area contributed by atoms with E-state index in [0.717, 1.165) is 10.2 Å². The van der Waals surface area contributed by atoms with Crippen molar-refractivity contribution in [1.82, 2.24) is 4.90 Å². The van der Waals surface area contributed by atoms with Crippen molar-refractivity contribution in [2.24, 2.45) is 0 Å². The normalized spacial score (nSPS) is 25.9. The molecule has 0 bridgehead atoms. The molecule has 19 heavy (non-hydrogen) atoms. The van der Waals surface area contributed by atoms with Crippen molar-refractivity contribution in [3.05, 3.63) is 34.3 Å². The molecular formula is C15H22BrNOS. The maximum absolute atomic E-state index is 11.3. The Morgan fingerprint density at radius 3 is 2.47 bits per heavy atom. The molecule has 0 heterocycles. The predicted molar refractivity (Wildman–Crippen MR) is 86.1 cm³/mol. The van der Waals surface area contributed by atoms with Gasteiger partial charge in [-0.15, -0.1) is 0 Å². The van der Waals surface area contributed by atoms with E-state index in [0.29, 0.717) is 18.0 Å². The molecule has 0 spiro atoms. The Hall–Kier alpha value is -0.190. The van der Waals surface area contributed by atoms with Crippen molar-refractivity contribution in [1.29, 1.82) is 0 Å². The highest BCUT2D eigenvalue weighted by atomic mass is 79.9. The smallest absolute Gasteiger partial charge is 0.0385 e. The third-order valence-electron chi connectivity index (χ3n) is 4.20. The molecule has 0 aliphatic heterocycles. The van der Waals surface area contributed by atoms with E-state index in [9.17, 15) is 4.21 Å². The second-order valence-corrected chi connectivity index (χ2v) is 8.02. The van der Waals surface area contributed by atoms with Crippen molar-refractivity contribution in [3.8, 4) is 0 Å². The highest BCUT2D eigenvalue weighted by molar-refractivity contribution is 9.10. The van der Waals surface area contributed by atoms with Crippen LogP contribution >= 0.6 is 15.9 Å². The molecule has 1 saturated carbocycles. The molecule has 1 fully saturated rings. The first kappa shape index (κ1) is 15.2. The molecule has 0 N–H and O–H groups in total. The first-order chi connectivity index (χ1) is 8.97. The van der Waals surface area contributed by atoms with Crippen LogP contribution in [0, 0.1) is 0 Å². The summed E-state index contributed by atoms with van der Waals surface area (Å²) in [6.07, 6.45) is 4.23. The molecule has 0 saturated heterocycles. The first-order valence-electron chi connectivity index (χ1n) is 6.74. The zero-order valence-corrected chi connectivity index (χ0v) is 14.2. The van der Waals surface area contributed by atoms with E-state index in [1.165, 1.54) is 18.4 Å². The van der Waals surface area contributed by atoms with E-state index in [1.54, 1.807) is 6.26 Å².